The second-order valence-corrected chi connectivity index (χ2v) is 6.94. The maximum Gasteiger partial charge on any atom is 0.255 e. The van der Waals surface area contributed by atoms with Crippen LogP contribution in [0.3, 0.4) is 0 Å². The van der Waals surface area contributed by atoms with Crippen LogP contribution >= 0.6 is 11.6 Å². The third-order valence-electron chi connectivity index (χ3n) is 4.43. The molecule has 7 nitrogen and oxygen atoms in total. The standard InChI is InChI=1S/C20H21ClN4O3/c1-2-9-23(20(28)15-5-4-8-22-11-15)12-18(26)24-13-19(27)25(14-24)17-7-3-6-16(21)10-17/h3-8,10-11H,2,9,12-14H2,1H3. The minimum absolute atomic E-state index is 0.0214. The van der Waals surface area contributed by atoms with E-state index in [-0.39, 0.29) is 37.5 Å². The maximum absolute atomic E-state index is 12.8. The third-order valence-corrected chi connectivity index (χ3v) is 4.66. The van der Waals surface area contributed by atoms with Crippen molar-refractivity contribution in [1.29, 1.82) is 0 Å². The summed E-state index contributed by atoms with van der Waals surface area (Å²) in [6.07, 6.45) is 3.79. The number of pyridine rings is 1. The number of halogens is 1. The van der Waals surface area contributed by atoms with E-state index >= 15 is 0 Å². The van der Waals surface area contributed by atoms with Gasteiger partial charge < -0.3 is 9.80 Å². The Balaban J connectivity index is 1.69. The molecule has 1 saturated heterocycles. The van der Waals surface area contributed by atoms with Crippen molar-refractivity contribution >= 4 is 35.0 Å². The van der Waals surface area contributed by atoms with E-state index in [4.69, 9.17) is 11.6 Å². The van der Waals surface area contributed by atoms with Crippen LogP contribution < -0.4 is 4.90 Å². The molecular weight excluding hydrogens is 380 g/mol. The zero-order valence-electron chi connectivity index (χ0n) is 15.5. The molecule has 1 aliphatic heterocycles. The summed E-state index contributed by atoms with van der Waals surface area (Å²) in [6.45, 7) is 2.41. The van der Waals surface area contributed by atoms with Crippen LogP contribution in [0.5, 0.6) is 0 Å². The lowest BCUT2D eigenvalue weighted by atomic mass is 10.2. The van der Waals surface area contributed by atoms with Crippen molar-refractivity contribution in [2.45, 2.75) is 13.3 Å². The normalized spacial score (nSPS) is 13.7. The molecule has 146 valence electrons. The molecule has 0 unspecified atom stereocenters. The quantitative estimate of drug-likeness (QED) is 0.746. The van der Waals surface area contributed by atoms with Gasteiger partial charge in [0.25, 0.3) is 5.91 Å². The molecule has 0 bridgehead atoms. The number of anilines is 1. The van der Waals surface area contributed by atoms with Crippen LogP contribution in [0.1, 0.15) is 23.7 Å². The van der Waals surface area contributed by atoms with E-state index in [0.717, 1.165) is 0 Å². The first-order valence-corrected chi connectivity index (χ1v) is 9.40. The summed E-state index contributed by atoms with van der Waals surface area (Å²) in [5.74, 6) is -0.708. The molecule has 0 atom stereocenters. The highest BCUT2D eigenvalue weighted by Crippen LogP contribution is 2.23. The van der Waals surface area contributed by atoms with Crippen LogP contribution in [0, 0.1) is 0 Å². The van der Waals surface area contributed by atoms with E-state index in [0.29, 0.717) is 29.2 Å². The number of rotatable bonds is 6. The van der Waals surface area contributed by atoms with Gasteiger partial charge in [-0.2, -0.15) is 0 Å². The van der Waals surface area contributed by atoms with Crippen molar-refractivity contribution in [2.75, 3.05) is 31.2 Å². The van der Waals surface area contributed by atoms with Gasteiger partial charge in [-0.1, -0.05) is 24.6 Å². The minimum atomic E-state index is -0.274. The predicted molar refractivity (Wildman–Crippen MR) is 106 cm³/mol. The van der Waals surface area contributed by atoms with Gasteiger partial charge in [-0.15, -0.1) is 0 Å². The van der Waals surface area contributed by atoms with Crippen molar-refractivity contribution in [1.82, 2.24) is 14.8 Å². The molecule has 0 saturated carbocycles. The average molecular weight is 401 g/mol. The fourth-order valence-corrected chi connectivity index (χ4v) is 3.23. The Morgan fingerprint density at radius 3 is 2.75 bits per heavy atom. The molecule has 1 fully saturated rings. The fraction of sp³-hybridized carbons (Fsp3) is 0.300. The molecule has 1 aromatic heterocycles. The van der Waals surface area contributed by atoms with E-state index in [9.17, 15) is 14.4 Å². The molecular formula is C20H21ClN4O3. The first kappa shape index (κ1) is 19.8. The number of benzene rings is 1. The minimum Gasteiger partial charge on any atom is -0.329 e. The lowest BCUT2D eigenvalue weighted by Gasteiger charge is -2.24. The van der Waals surface area contributed by atoms with Crippen LogP contribution in [-0.4, -0.2) is 58.8 Å². The molecule has 28 heavy (non-hydrogen) atoms. The first-order chi connectivity index (χ1) is 13.5. The van der Waals surface area contributed by atoms with Gasteiger partial charge in [0.1, 0.15) is 19.8 Å². The van der Waals surface area contributed by atoms with Gasteiger partial charge in [-0.25, -0.2) is 0 Å². The number of nitrogens with zero attached hydrogens (tertiary/aromatic N) is 4. The number of hydrogen-bond donors (Lipinski definition) is 0. The van der Waals surface area contributed by atoms with E-state index in [1.165, 1.54) is 20.9 Å². The van der Waals surface area contributed by atoms with Gasteiger partial charge in [0, 0.05) is 29.6 Å². The Kier molecular flexibility index (Phi) is 6.26. The lowest BCUT2D eigenvalue weighted by Crippen LogP contribution is -2.43. The third kappa shape index (κ3) is 4.48. The topological polar surface area (TPSA) is 73.8 Å². The van der Waals surface area contributed by atoms with Crippen LogP contribution in [0.15, 0.2) is 48.8 Å². The average Bonchev–Trinajstić information content (AvgIpc) is 3.09. The molecule has 2 aromatic rings. The Morgan fingerprint density at radius 2 is 2.07 bits per heavy atom. The molecule has 0 spiro atoms. The predicted octanol–water partition coefficient (Wildman–Crippen LogP) is 2.42. The van der Waals surface area contributed by atoms with Crippen molar-refractivity contribution in [3.63, 3.8) is 0 Å². The molecule has 3 rings (SSSR count). The molecule has 1 aromatic carbocycles. The van der Waals surface area contributed by atoms with Crippen LogP contribution in [0.4, 0.5) is 5.69 Å². The summed E-state index contributed by atoms with van der Waals surface area (Å²) in [6, 6.07) is 10.3. The zero-order valence-corrected chi connectivity index (χ0v) is 16.3. The van der Waals surface area contributed by atoms with E-state index in [2.05, 4.69) is 4.98 Å². The Hall–Kier alpha value is -2.93. The summed E-state index contributed by atoms with van der Waals surface area (Å²) in [5.41, 5.74) is 1.08. The monoisotopic (exact) mass is 400 g/mol. The molecule has 3 amide bonds. The van der Waals surface area contributed by atoms with Crippen molar-refractivity contribution in [2.24, 2.45) is 0 Å². The highest BCUT2D eigenvalue weighted by atomic mass is 35.5. The molecule has 0 radical (unpaired) electrons. The summed E-state index contributed by atoms with van der Waals surface area (Å²) in [5, 5.41) is 0.520. The lowest BCUT2D eigenvalue weighted by molar-refractivity contribution is -0.132. The first-order valence-electron chi connectivity index (χ1n) is 9.02. The van der Waals surface area contributed by atoms with Crippen LogP contribution in [-0.2, 0) is 9.59 Å². The van der Waals surface area contributed by atoms with Crippen LogP contribution in [0.25, 0.3) is 0 Å². The number of carbonyl (C=O) groups excluding carboxylic acids is 3. The van der Waals surface area contributed by atoms with Crippen molar-refractivity contribution in [3.05, 3.63) is 59.4 Å². The largest absolute Gasteiger partial charge is 0.329 e. The van der Waals surface area contributed by atoms with Gasteiger partial charge in [-0.05, 0) is 36.8 Å². The van der Waals surface area contributed by atoms with Gasteiger partial charge in [0.05, 0.1) is 5.56 Å². The molecule has 1 aliphatic rings. The summed E-state index contributed by atoms with van der Waals surface area (Å²) >= 11 is 6.00. The maximum atomic E-state index is 12.8. The van der Waals surface area contributed by atoms with Crippen molar-refractivity contribution < 1.29 is 14.4 Å². The molecule has 0 aliphatic carbocycles. The van der Waals surface area contributed by atoms with Crippen molar-refractivity contribution in [3.8, 4) is 0 Å². The van der Waals surface area contributed by atoms with E-state index < -0.39 is 0 Å². The van der Waals surface area contributed by atoms with E-state index in [1.54, 1.807) is 42.6 Å². The van der Waals surface area contributed by atoms with Gasteiger partial charge in [0.2, 0.25) is 11.8 Å². The SMILES string of the molecule is CCCN(CC(=O)N1CC(=O)N(c2cccc(Cl)c2)C1)C(=O)c1cccnc1. The Labute approximate surface area is 168 Å². The van der Waals surface area contributed by atoms with Gasteiger partial charge >= 0.3 is 0 Å². The fourth-order valence-electron chi connectivity index (χ4n) is 3.04. The molecule has 8 heteroatoms. The Bertz CT molecular complexity index is 875. The summed E-state index contributed by atoms with van der Waals surface area (Å²) < 4.78 is 0. The summed E-state index contributed by atoms with van der Waals surface area (Å²) in [4.78, 5) is 46.2. The van der Waals surface area contributed by atoms with E-state index in [1.807, 2.05) is 6.92 Å². The smallest absolute Gasteiger partial charge is 0.255 e. The second-order valence-electron chi connectivity index (χ2n) is 6.50. The highest BCUT2D eigenvalue weighted by molar-refractivity contribution is 6.31. The number of aromatic nitrogens is 1. The van der Waals surface area contributed by atoms with Gasteiger partial charge in [0.15, 0.2) is 0 Å². The number of amides is 3. The molecule has 0 N–H and O–H groups in total. The highest BCUT2D eigenvalue weighted by Gasteiger charge is 2.33. The van der Waals surface area contributed by atoms with Gasteiger partial charge in [-0.3, -0.25) is 24.3 Å². The number of carbonyl (C=O) groups is 3. The summed E-state index contributed by atoms with van der Waals surface area (Å²) in [7, 11) is 0. The second kappa shape index (κ2) is 8.84. The molecule has 2 heterocycles. The van der Waals surface area contributed by atoms with Crippen LogP contribution in [0.2, 0.25) is 5.02 Å². The number of hydrogen-bond acceptors (Lipinski definition) is 4. The zero-order chi connectivity index (χ0) is 20.1. The Morgan fingerprint density at radius 1 is 1.25 bits per heavy atom.